The summed E-state index contributed by atoms with van der Waals surface area (Å²) in [6.07, 6.45) is 0. The second-order valence-electron chi connectivity index (χ2n) is 3.84. The van der Waals surface area contributed by atoms with Gasteiger partial charge in [0, 0.05) is 12.1 Å². The van der Waals surface area contributed by atoms with Gasteiger partial charge in [0.2, 0.25) is 0 Å². The minimum absolute atomic E-state index is 0.319. The van der Waals surface area contributed by atoms with E-state index in [0.29, 0.717) is 12.1 Å². The third kappa shape index (κ3) is 2.56. The lowest BCUT2D eigenvalue weighted by Gasteiger charge is -2.11. The number of carbonyl (C=O) groups is 1. The van der Waals surface area contributed by atoms with E-state index in [1.165, 1.54) is 0 Å². The monoisotopic (exact) mass is 285 g/mol. The van der Waals surface area contributed by atoms with Crippen LogP contribution < -0.4 is 5.32 Å². The van der Waals surface area contributed by atoms with Crippen LogP contribution in [0.3, 0.4) is 0 Å². The van der Waals surface area contributed by atoms with E-state index < -0.39 is 46.2 Å². The van der Waals surface area contributed by atoms with Crippen LogP contribution in [0.2, 0.25) is 0 Å². The number of hydrogen-bond donors (Lipinski definition) is 2. The molecule has 0 heterocycles. The molecule has 0 aliphatic carbocycles. The SMILES string of the molecule is O=C(O)c1cccc(F)c1Nc1cc(F)cc(F)c1F. The summed E-state index contributed by atoms with van der Waals surface area (Å²) in [7, 11) is 0. The normalized spacial score (nSPS) is 10.4. The predicted molar refractivity (Wildman–Crippen MR) is 63.0 cm³/mol. The Balaban J connectivity index is 2.53. The fourth-order valence-corrected chi connectivity index (χ4v) is 1.61. The van der Waals surface area contributed by atoms with Gasteiger partial charge < -0.3 is 10.4 Å². The van der Waals surface area contributed by atoms with Crippen molar-refractivity contribution in [2.75, 3.05) is 5.32 Å². The van der Waals surface area contributed by atoms with E-state index in [9.17, 15) is 22.4 Å². The highest BCUT2D eigenvalue weighted by Gasteiger charge is 2.18. The van der Waals surface area contributed by atoms with Crippen molar-refractivity contribution in [2.24, 2.45) is 0 Å². The van der Waals surface area contributed by atoms with Crippen molar-refractivity contribution in [1.29, 1.82) is 0 Å². The van der Waals surface area contributed by atoms with Gasteiger partial charge in [0.15, 0.2) is 11.6 Å². The third-order valence-corrected chi connectivity index (χ3v) is 2.50. The molecule has 104 valence electrons. The molecule has 3 nitrogen and oxygen atoms in total. The number of carboxylic acids is 1. The van der Waals surface area contributed by atoms with E-state index in [2.05, 4.69) is 5.32 Å². The Labute approximate surface area is 110 Å². The Morgan fingerprint density at radius 2 is 1.75 bits per heavy atom. The van der Waals surface area contributed by atoms with Crippen molar-refractivity contribution in [2.45, 2.75) is 0 Å². The van der Waals surface area contributed by atoms with E-state index in [4.69, 9.17) is 5.11 Å². The number of para-hydroxylation sites is 1. The second kappa shape index (κ2) is 5.20. The van der Waals surface area contributed by atoms with Gasteiger partial charge in [-0.3, -0.25) is 0 Å². The van der Waals surface area contributed by atoms with Crippen molar-refractivity contribution in [3.63, 3.8) is 0 Å². The zero-order valence-corrected chi connectivity index (χ0v) is 9.75. The molecule has 2 N–H and O–H groups in total. The maximum absolute atomic E-state index is 13.6. The van der Waals surface area contributed by atoms with Gasteiger partial charge >= 0.3 is 5.97 Å². The topological polar surface area (TPSA) is 49.3 Å². The maximum atomic E-state index is 13.6. The average molecular weight is 285 g/mol. The summed E-state index contributed by atoms with van der Waals surface area (Å²) < 4.78 is 53.1. The number of aromatic carboxylic acids is 1. The Kier molecular flexibility index (Phi) is 3.60. The van der Waals surface area contributed by atoms with Crippen molar-refractivity contribution in [3.8, 4) is 0 Å². The van der Waals surface area contributed by atoms with Crippen LogP contribution in [0.5, 0.6) is 0 Å². The van der Waals surface area contributed by atoms with Crippen molar-refractivity contribution in [1.82, 2.24) is 0 Å². The molecule has 2 aromatic rings. The summed E-state index contributed by atoms with van der Waals surface area (Å²) in [5.74, 6) is -6.45. The first-order chi connectivity index (χ1) is 9.40. The lowest BCUT2D eigenvalue weighted by Crippen LogP contribution is -2.06. The molecule has 2 aromatic carbocycles. The molecule has 0 spiro atoms. The Bertz CT molecular complexity index is 688. The predicted octanol–water partition coefficient (Wildman–Crippen LogP) is 3.68. The molecule has 0 bridgehead atoms. The van der Waals surface area contributed by atoms with Gasteiger partial charge in [0.1, 0.15) is 11.6 Å². The first-order valence-corrected chi connectivity index (χ1v) is 5.33. The summed E-state index contributed by atoms with van der Waals surface area (Å²) in [5, 5.41) is 11.0. The zero-order valence-electron chi connectivity index (χ0n) is 9.75. The van der Waals surface area contributed by atoms with Crippen molar-refractivity contribution < 1.29 is 27.5 Å². The summed E-state index contributed by atoms with van der Waals surface area (Å²) >= 11 is 0. The number of benzene rings is 2. The smallest absolute Gasteiger partial charge is 0.337 e. The molecule has 0 aliphatic rings. The van der Waals surface area contributed by atoms with Gasteiger partial charge in [-0.05, 0) is 12.1 Å². The van der Waals surface area contributed by atoms with Gasteiger partial charge in [-0.25, -0.2) is 22.4 Å². The number of rotatable bonds is 3. The number of hydrogen-bond acceptors (Lipinski definition) is 2. The molecular weight excluding hydrogens is 278 g/mol. The fraction of sp³-hybridized carbons (Fsp3) is 0. The third-order valence-electron chi connectivity index (χ3n) is 2.50. The number of carboxylic acid groups (broad SMARTS) is 1. The van der Waals surface area contributed by atoms with E-state index in [1.807, 2.05) is 0 Å². The lowest BCUT2D eigenvalue weighted by molar-refractivity contribution is 0.0697. The summed E-state index contributed by atoms with van der Waals surface area (Å²) in [5.41, 5.74) is -1.77. The Morgan fingerprint density at radius 3 is 2.40 bits per heavy atom. The second-order valence-corrected chi connectivity index (χ2v) is 3.84. The standard InChI is InChI=1S/C13H7F4NO2/c14-6-4-9(16)11(17)10(5-6)18-12-7(13(19)20)2-1-3-8(12)15/h1-5,18H,(H,19,20). The molecule has 0 unspecified atom stereocenters. The van der Waals surface area contributed by atoms with Gasteiger partial charge in [-0.2, -0.15) is 0 Å². The zero-order chi connectivity index (χ0) is 14.9. The minimum atomic E-state index is -1.47. The molecule has 7 heteroatoms. The number of nitrogens with one attached hydrogen (secondary N) is 1. The van der Waals surface area contributed by atoms with Gasteiger partial charge in [-0.1, -0.05) is 6.07 Å². The average Bonchev–Trinajstić information content (AvgIpc) is 2.37. The molecular formula is C13H7F4NO2. The van der Waals surface area contributed by atoms with Crippen LogP contribution >= 0.6 is 0 Å². The highest BCUT2D eigenvalue weighted by Crippen LogP contribution is 2.27. The van der Waals surface area contributed by atoms with E-state index >= 15 is 0 Å². The van der Waals surface area contributed by atoms with Crippen LogP contribution in [0.15, 0.2) is 30.3 Å². The molecule has 2 rings (SSSR count). The molecule has 0 atom stereocenters. The Morgan fingerprint density at radius 1 is 1.05 bits per heavy atom. The summed E-state index contributed by atoms with van der Waals surface area (Å²) in [6, 6.07) is 4.06. The van der Waals surface area contributed by atoms with Crippen LogP contribution in [0.25, 0.3) is 0 Å². The van der Waals surface area contributed by atoms with Gasteiger partial charge in [-0.15, -0.1) is 0 Å². The summed E-state index contributed by atoms with van der Waals surface area (Å²) in [4.78, 5) is 10.9. The first kappa shape index (κ1) is 13.9. The van der Waals surface area contributed by atoms with Crippen LogP contribution in [0.4, 0.5) is 28.9 Å². The molecule has 0 aliphatic heterocycles. The molecule has 0 saturated heterocycles. The fourth-order valence-electron chi connectivity index (χ4n) is 1.61. The quantitative estimate of drug-likeness (QED) is 0.668. The van der Waals surface area contributed by atoms with E-state index in [-0.39, 0.29) is 0 Å². The molecule has 0 amide bonds. The van der Waals surface area contributed by atoms with Gasteiger partial charge in [0.25, 0.3) is 0 Å². The maximum Gasteiger partial charge on any atom is 0.337 e. The van der Waals surface area contributed by atoms with Crippen LogP contribution in [-0.2, 0) is 0 Å². The Hall–Kier alpha value is -2.57. The molecule has 0 fully saturated rings. The number of halogens is 4. The van der Waals surface area contributed by atoms with E-state index in [0.717, 1.165) is 18.2 Å². The largest absolute Gasteiger partial charge is 0.478 e. The lowest BCUT2D eigenvalue weighted by atomic mass is 10.1. The van der Waals surface area contributed by atoms with Gasteiger partial charge in [0.05, 0.1) is 16.9 Å². The van der Waals surface area contributed by atoms with Crippen LogP contribution in [0.1, 0.15) is 10.4 Å². The highest BCUT2D eigenvalue weighted by molar-refractivity contribution is 5.95. The van der Waals surface area contributed by atoms with E-state index in [1.54, 1.807) is 0 Å². The molecule has 0 aromatic heterocycles. The molecule has 20 heavy (non-hydrogen) atoms. The van der Waals surface area contributed by atoms with Crippen molar-refractivity contribution in [3.05, 3.63) is 59.2 Å². The number of anilines is 2. The molecule has 0 radical (unpaired) electrons. The van der Waals surface area contributed by atoms with Crippen LogP contribution in [-0.4, -0.2) is 11.1 Å². The summed E-state index contributed by atoms with van der Waals surface area (Å²) in [6.45, 7) is 0. The first-order valence-electron chi connectivity index (χ1n) is 5.33. The van der Waals surface area contributed by atoms with Crippen molar-refractivity contribution >= 4 is 17.3 Å². The highest BCUT2D eigenvalue weighted by atomic mass is 19.2. The van der Waals surface area contributed by atoms with Crippen LogP contribution in [0, 0.1) is 23.3 Å². The molecule has 0 saturated carbocycles. The minimum Gasteiger partial charge on any atom is -0.478 e.